The van der Waals surface area contributed by atoms with Crippen molar-refractivity contribution in [3.8, 4) is 28.3 Å². The van der Waals surface area contributed by atoms with Crippen molar-refractivity contribution in [2.45, 2.75) is 88.0 Å². The Balaban J connectivity index is 0.000000183. The first kappa shape index (κ1) is 42.1. The van der Waals surface area contributed by atoms with Crippen molar-refractivity contribution in [2.24, 2.45) is 5.41 Å². The van der Waals surface area contributed by atoms with Gasteiger partial charge in [-0.25, -0.2) is 0 Å². The van der Waals surface area contributed by atoms with Gasteiger partial charge in [0.1, 0.15) is 0 Å². The molecule has 0 bridgehead atoms. The van der Waals surface area contributed by atoms with E-state index in [2.05, 4.69) is 175 Å². The molecule has 1 radical (unpaired) electrons. The van der Waals surface area contributed by atoms with Crippen molar-refractivity contribution in [1.82, 2.24) is 19.5 Å². The van der Waals surface area contributed by atoms with Crippen LogP contribution in [0.3, 0.4) is 0 Å². The number of aromatic nitrogens is 4. The Kier molecular flexibility index (Phi) is 11.6. The second-order valence-corrected chi connectivity index (χ2v) is 19.0. The largest absolute Gasteiger partial charge is 0.346 e. The van der Waals surface area contributed by atoms with E-state index in [9.17, 15) is 0 Å². The molecule has 6 heteroatoms. The summed E-state index contributed by atoms with van der Waals surface area (Å²) in [6, 6.07) is 41.5. The summed E-state index contributed by atoms with van der Waals surface area (Å²) in [6.45, 7) is 24.3. The first-order valence-electron chi connectivity index (χ1n) is 20.2. The number of pyridine rings is 2. The fraction of sp³-hybridized carbons (Fsp3) is 0.264. The molecule has 9 aromatic rings. The van der Waals surface area contributed by atoms with Crippen molar-refractivity contribution < 1.29 is 20.1 Å². The van der Waals surface area contributed by atoms with Crippen molar-refractivity contribution in [3.05, 3.63) is 155 Å². The average Bonchev–Trinajstić information content (AvgIpc) is 3.74. The van der Waals surface area contributed by atoms with Crippen molar-refractivity contribution in [1.29, 1.82) is 0 Å². The summed E-state index contributed by atoms with van der Waals surface area (Å²) in [5.74, 6) is 0.909. The van der Waals surface area contributed by atoms with Crippen LogP contribution in [-0.2, 0) is 31.9 Å². The van der Waals surface area contributed by atoms with Crippen molar-refractivity contribution >= 4 is 53.3 Å². The molecule has 4 aromatic heterocycles. The predicted octanol–water partition coefficient (Wildman–Crippen LogP) is 14.4. The van der Waals surface area contributed by atoms with Crippen LogP contribution in [-0.4, -0.2) is 19.5 Å². The summed E-state index contributed by atoms with van der Waals surface area (Å²) < 4.78 is 4.90. The minimum atomic E-state index is 0. The maximum Gasteiger partial charge on any atom is 0.0735 e. The van der Waals surface area contributed by atoms with E-state index < -0.39 is 0 Å². The molecule has 301 valence electrons. The quantitative estimate of drug-likeness (QED) is 0.165. The number of hydrogen-bond donors (Lipinski definition) is 0. The summed E-state index contributed by atoms with van der Waals surface area (Å²) in [6.07, 6.45) is 3.05. The zero-order valence-electron chi connectivity index (χ0n) is 36.1. The number of thiophene rings is 1. The van der Waals surface area contributed by atoms with Gasteiger partial charge in [-0.2, -0.15) is 0 Å². The number of benzene rings is 5. The molecule has 59 heavy (non-hydrogen) atoms. The molecule has 0 saturated heterocycles. The van der Waals surface area contributed by atoms with Crippen LogP contribution in [0.15, 0.2) is 103 Å². The predicted molar refractivity (Wildman–Crippen MR) is 248 cm³/mol. The topological polar surface area (TPSA) is 43.6 Å². The smallest absolute Gasteiger partial charge is 0.0735 e. The Morgan fingerprint density at radius 2 is 1.36 bits per heavy atom. The monoisotopic (exact) mass is 969 g/mol. The molecule has 0 aliphatic carbocycles. The number of rotatable bonds is 4. The molecule has 5 aromatic carbocycles. The molecule has 0 spiro atoms. The second-order valence-electron chi connectivity index (χ2n) is 18.0. The molecule has 9 rings (SSSR count). The van der Waals surface area contributed by atoms with Gasteiger partial charge in [-0.3, -0.25) is 15.0 Å². The maximum atomic E-state index is 4.93. The van der Waals surface area contributed by atoms with E-state index in [0.29, 0.717) is 0 Å². The van der Waals surface area contributed by atoms with Gasteiger partial charge in [0.05, 0.1) is 11.0 Å². The van der Waals surface area contributed by atoms with Gasteiger partial charge >= 0.3 is 0 Å². The molecule has 0 fully saturated rings. The number of fused-ring (bicyclic) bond motifs is 5. The van der Waals surface area contributed by atoms with Gasteiger partial charge < -0.3 is 4.57 Å². The number of imidazole rings is 1. The molecule has 0 unspecified atom stereocenters. The molecule has 4 nitrogen and oxygen atoms in total. The summed E-state index contributed by atoms with van der Waals surface area (Å²) in [7, 11) is 0. The number of nitrogens with zero attached hydrogens (tertiary/aromatic N) is 4. The zero-order valence-corrected chi connectivity index (χ0v) is 39.3. The van der Waals surface area contributed by atoms with Gasteiger partial charge in [0.2, 0.25) is 0 Å². The van der Waals surface area contributed by atoms with Gasteiger partial charge in [-0.1, -0.05) is 113 Å². The molecular weight excluding hydrogens is 917 g/mol. The molecular formula is C53H52IrN4S-2. The third-order valence-corrected chi connectivity index (χ3v) is 12.3. The Labute approximate surface area is 367 Å². The van der Waals surface area contributed by atoms with Crippen LogP contribution < -0.4 is 0 Å². The second kappa shape index (κ2) is 16.2. The summed E-state index contributed by atoms with van der Waals surface area (Å²) >= 11 is 1.89. The third-order valence-electron chi connectivity index (χ3n) is 11.0. The Morgan fingerprint density at radius 3 is 2.07 bits per heavy atom. The minimum Gasteiger partial charge on any atom is -0.346 e. The van der Waals surface area contributed by atoms with E-state index in [0.717, 1.165) is 56.9 Å². The molecule has 0 aliphatic rings. The number of aryl methyl sites for hydroxylation is 5. The van der Waals surface area contributed by atoms with Gasteiger partial charge in [-0.05, 0) is 109 Å². The third kappa shape index (κ3) is 8.28. The molecule has 0 N–H and O–H groups in total. The van der Waals surface area contributed by atoms with E-state index in [-0.39, 0.29) is 30.9 Å². The number of hydrogen-bond acceptors (Lipinski definition) is 4. The zero-order chi connectivity index (χ0) is 41.1. The van der Waals surface area contributed by atoms with E-state index in [1.165, 1.54) is 59.1 Å². The molecule has 4 heterocycles. The van der Waals surface area contributed by atoms with Crippen LogP contribution in [0.2, 0.25) is 0 Å². The van der Waals surface area contributed by atoms with Crippen molar-refractivity contribution in [2.75, 3.05) is 0 Å². The van der Waals surface area contributed by atoms with E-state index in [4.69, 9.17) is 9.97 Å². The normalized spacial score (nSPS) is 11.9. The van der Waals surface area contributed by atoms with Gasteiger partial charge in [0.15, 0.2) is 0 Å². The first-order chi connectivity index (χ1) is 27.6. The summed E-state index contributed by atoms with van der Waals surface area (Å²) in [5, 5.41) is 5.07. The van der Waals surface area contributed by atoms with E-state index in [1.807, 2.05) is 37.4 Å². The van der Waals surface area contributed by atoms with Crippen LogP contribution in [0.4, 0.5) is 0 Å². The SMILES string of the molecule is Cc1[c-]c(-c2nc3ccccc3n2-c2c(C)cccc2C)cc(C)n1.Cc1c(CC(C)(C)C)ccc2c1sc1c(-c3[c-]c4ccccc4c(C(C)(C)C)c3)nccc12.[Ir]. The van der Waals surface area contributed by atoms with Crippen LogP contribution in [0.25, 0.3) is 70.3 Å². The van der Waals surface area contributed by atoms with Crippen LogP contribution in [0.1, 0.15) is 80.7 Å². The Hall–Kier alpha value is -5.00. The van der Waals surface area contributed by atoms with Crippen molar-refractivity contribution in [3.63, 3.8) is 0 Å². The Morgan fingerprint density at radius 1 is 0.661 bits per heavy atom. The standard InChI is InChI=1S/C31H32NS.C22H20N3.Ir/c1-19-21(18-30(2,3)4)12-13-24-25-14-15-32-27(29(25)33-28(19)24)22-16-20-10-8-9-11-23(20)26(17-22)31(5,6)7;1-14-8-7-9-15(2)21(14)25-20-11-6-5-10-19(20)24-22(25)18-12-16(3)23-17(4)13-18;/h8-15,17H,18H2,1-7H3;5-12H,1-4H3;/q2*-1;. The fourth-order valence-electron chi connectivity index (χ4n) is 8.35. The van der Waals surface area contributed by atoms with Crippen LogP contribution >= 0.6 is 11.3 Å². The van der Waals surface area contributed by atoms with Gasteiger partial charge in [0, 0.05) is 58.3 Å². The van der Waals surface area contributed by atoms with Crippen LogP contribution in [0.5, 0.6) is 0 Å². The van der Waals surface area contributed by atoms with Crippen LogP contribution in [0, 0.1) is 52.2 Å². The minimum absolute atomic E-state index is 0. The Bertz CT molecular complexity index is 2970. The van der Waals surface area contributed by atoms with E-state index in [1.54, 1.807) is 0 Å². The summed E-state index contributed by atoms with van der Waals surface area (Å²) in [5.41, 5.74) is 15.2. The molecule has 0 saturated carbocycles. The fourth-order valence-corrected chi connectivity index (χ4v) is 9.67. The van der Waals surface area contributed by atoms with E-state index >= 15 is 0 Å². The number of para-hydroxylation sites is 3. The molecule has 0 amide bonds. The molecule has 0 aliphatic heterocycles. The maximum absolute atomic E-state index is 4.93. The summed E-state index contributed by atoms with van der Waals surface area (Å²) in [4.78, 5) is 14.3. The average molecular weight is 969 g/mol. The van der Waals surface area contributed by atoms with Gasteiger partial charge in [-0.15, -0.1) is 58.2 Å². The van der Waals surface area contributed by atoms with Gasteiger partial charge in [0.25, 0.3) is 0 Å². The first-order valence-corrected chi connectivity index (χ1v) is 21.1. The molecule has 0 atom stereocenters.